The molecule has 2 aliphatic rings. The summed E-state index contributed by atoms with van der Waals surface area (Å²) in [5, 5.41) is 0. The number of rotatable bonds is 4. The highest BCUT2D eigenvalue weighted by Gasteiger charge is 2.51. The van der Waals surface area contributed by atoms with E-state index in [1.807, 2.05) is 0 Å². The average Bonchev–Trinajstić information content (AvgIpc) is 2.30. The number of alkyl halides is 3. The van der Waals surface area contributed by atoms with E-state index in [4.69, 9.17) is 0 Å². The van der Waals surface area contributed by atoms with Gasteiger partial charge in [0.15, 0.2) is 0 Å². The van der Waals surface area contributed by atoms with Crippen LogP contribution in [0.4, 0.5) is 13.2 Å². The molecule has 1 amide bonds. The van der Waals surface area contributed by atoms with Gasteiger partial charge in [-0.25, -0.2) is 0 Å². The molecule has 1 aliphatic carbocycles. The maximum atomic E-state index is 12.4. The van der Waals surface area contributed by atoms with Crippen LogP contribution in [-0.4, -0.2) is 30.8 Å². The first-order valence-electron chi connectivity index (χ1n) is 6.92. The molecule has 0 radical (unpaired) electrons. The van der Waals surface area contributed by atoms with E-state index < -0.39 is 6.36 Å². The summed E-state index contributed by atoms with van der Waals surface area (Å²) in [6.45, 7) is 1.57. The topological polar surface area (TPSA) is 29.5 Å². The van der Waals surface area contributed by atoms with Crippen molar-refractivity contribution in [1.82, 2.24) is 4.90 Å². The molecule has 0 atom stereocenters. The van der Waals surface area contributed by atoms with Gasteiger partial charge < -0.3 is 9.64 Å². The lowest BCUT2D eigenvalue weighted by atomic mass is 9.56. The van der Waals surface area contributed by atoms with Crippen molar-refractivity contribution in [3.8, 4) is 5.75 Å². The van der Waals surface area contributed by atoms with E-state index in [1.165, 1.54) is 6.07 Å². The molecule has 114 valence electrons. The van der Waals surface area contributed by atoms with Gasteiger partial charge in [-0.2, -0.15) is 0 Å². The Morgan fingerprint density at radius 3 is 2.57 bits per heavy atom. The first-order chi connectivity index (χ1) is 9.89. The van der Waals surface area contributed by atoms with Crippen molar-refractivity contribution >= 4 is 6.41 Å². The molecular weight excluding hydrogens is 283 g/mol. The summed E-state index contributed by atoms with van der Waals surface area (Å²) in [4.78, 5) is 12.3. The number of para-hydroxylation sites is 1. The Hall–Kier alpha value is -1.72. The van der Waals surface area contributed by atoms with Gasteiger partial charge in [0, 0.05) is 18.5 Å². The van der Waals surface area contributed by atoms with Crippen LogP contribution < -0.4 is 4.74 Å². The molecule has 2 fully saturated rings. The Bertz CT molecular complexity index is 530. The van der Waals surface area contributed by atoms with Crippen molar-refractivity contribution < 1.29 is 22.7 Å². The molecule has 1 aliphatic heterocycles. The van der Waals surface area contributed by atoms with E-state index in [-0.39, 0.29) is 11.2 Å². The molecule has 3 rings (SSSR count). The van der Waals surface area contributed by atoms with Crippen molar-refractivity contribution in [2.45, 2.75) is 25.6 Å². The van der Waals surface area contributed by atoms with Crippen LogP contribution in [-0.2, 0) is 11.2 Å². The molecule has 1 saturated carbocycles. The number of benzene rings is 1. The van der Waals surface area contributed by atoms with E-state index in [0.717, 1.165) is 32.3 Å². The molecule has 6 heteroatoms. The fourth-order valence-electron chi connectivity index (χ4n) is 3.67. The van der Waals surface area contributed by atoms with Gasteiger partial charge in [0.05, 0.1) is 0 Å². The highest BCUT2D eigenvalue weighted by molar-refractivity contribution is 5.49. The predicted octanol–water partition coefficient (Wildman–Crippen LogP) is 3.00. The van der Waals surface area contributed by atoms with Gasteiger partial charge in [-0.15, -0.1) is 13.2 Å². The van der Waals surface area contributed by atoms with E-state index in [2.05, 4.69) is 4.74 Å². The van der Waals surface area contributed by atoms with E-state index in [1.54, 1.807) is 23.1 Å². The smallest absolute Gasteiger partial charge is 0.406 e. The van der Waals surface area contributed by atoms with Crippen LogP contribution in [0.3, 0.4) is 0 Å². The van der Waals surface area contributed by atoms with Crippen molar-refractivity contribution in [2.75, 3.05) is 13.1 Å². The van der Waals surface area contributed by atoms with Crippen LogP contribution in [0, 0.1) is 11.3 Å². The SMILES string of the molecule is O=CN1CC2(CC(Cc3ccccc3OC(F)(F)F)C2)C1. The predicted molar refractivity (Wildman–Crippen MR) is 69.6 cm³/mol. The Morgan fingerprint density at radius 1 is 1.29 bits per heavy atom. The number of halogens is 3. The second kappa shape index (κ2) is 4.93. The summed E-state index contributed by atoms with van der Waals surface area (Å²) in [5.74, 6) is 0.269. The second-order valence-corrected chi connectivity index (χ2v) is 6.14. The molecule has 0 unspecified atom stereocenters. The van der Waals surface area contributed by atoms with Crippen molar-refractivity contribution in [1.29, 1.82) is 0 Å². The number of hydrogen-bond donors (Lipinski definition) is 0. The highest BCUT2D eigenvalue weighted by atomic mass is 19.4. The molecule has 1 saturated heterocycles. The quantitative estimate of drug-likeness (QED) is 0.800. The summed E-state index contributed by atoms with van der Waals surface area (Å²) in [5.41, 5.74) is 0.826. The lowest BCUT2D eigenvalue weighted by Gasteiger charge is -2.58. The molecule has 21 heavy (non-hydrogen) atoms. The van der Waals surface area contributed by atoms with Crippen molar-refractivity contribution in [2.24, 2.45) is 11.3 Å². The molecule has 0 aromatic heterocycles. The summed E-state index contributed by atoms with van der Waals surface area (Å²) in [7, 11) is 0. The third kappa shape index (κ3) is 2.99. The molecule has 1 spiro atoms. The van der Waals surface area contributed by atoms with Crippen LogP contribution in [0.25, 0.3) is 0 Å². The first kappa shape index (κ1) is 14.2. The minimum Gasteiger partial charge on any atom is -0.406 e. The first-order valence-corrected chi connectivity index (χ1v) is 6.92. The second-order valence-electron chi connectivity index (χ2n) is 6.14. The fourth-order valence-corrected chi connectivity index (χ4v) is 3.67. The minimum atomic E-state index is -4.66. The number of nitrogens with zero attached hydrogens (tertiary/aromatic N) is 1. The zero-order valence-corrected chi connectivity index (χ0v) is 11.4. The number of carbonyl (C=O) groups is 1. The van der Waals surface area contributed by atoms with Crippen molar-refractivity contribution in [3.05, 3.63) is 29.8 Å². The molecule has 0 N–H and O–H groups in total. The summed E-state index contributed by atoms with van der Waals surface area (Å²) in [6.07, 6.45) is -1.27. The van der Waals surface area contributed by atoms with Gasteiger partial charge >= 0.3 is 6.36 Å². The molecule has 1 heterocycles. The largest absolute Gasteiger partial charge is 0.573 e. The highest BCUT2D eigenvalue weighted by Crippen LogP contribution is 2.52. The number of hydrogen-bond acceptors (Lipinski definition) is 2. The van der Waals surface area contributed by atoms with Gasteiger partial charge in [-0.05, 0) is 36.8 Å². The van der Waals surface area contributed by atoms with Gasteiger partial charge in [0.25, 0.3) is 0 Å². The van der Waals surface area contributed by atoms with Crippen LogP contribution >= 0.6 is 0 Å². The van der Waals surface area contributed by atoms with Crippen LogP contribution in [0.2, 0.25) is 0 Å². The monoisotopic (exact) mass is 299 g/mol. The van der Waals surface area contributed by atoms with E-state index in [0.29, 0.717) is 17.9 Å². The third-order valence-electron chi connectivity index (χ3n) is 4.38. The normalized spacial score (nSPS) is 20.8. The number of amides is 1. The van der Waals surface area contributed by atoms with E-state index in [9.17, 15) is 18.0 Å². The third-order valence-corrected chi connectivity index (χ3v) is 4.38. The van der Waals surface area contributed by atoms with Crippen LogP contribution in [0.1, 0.15) is 18.4 Å². The number of ether oxygens (including phenoxy) is 1. The maximum Gasteiger partial charge on any atom is 0.573 e. The minimum absolute atomic E-state index is 0.103. The average molecular weight is 299 g/mol. The lowest BCUT2D eigenvalue weighted by molar-refractivity contribution is -0.275. The number of likely N-dealkylation sites (tertiary alicyclic amines) is 1. The Balaban J connectivity index is 1.58. The molecule has 1 aromatic carbocycles. The number of carbonyl (C=O) groups excluding carboxylic acids is 1. The van der Waals surface area contributed by atoms with Gasteiger partial charge in [0.1, 0.15) is 5.75 Å². The summed E-state index contributed by atoms with van der Waals surface area (Å²) in [6, 6.07) is 6.31. The lowest BCUT2D eigenvalue weighted by Crippen LogP contribution is -2.61. The Kier molecular flexibility index (Phi) is 3.34. The molecule has 3 nitrogen and oxygen atoms in total. The zero-order valence-electron chi connectivity index (χ0n) is 11.4. The maximum absolute atomic E-state index is 12.4. The Labute approximate surface area is 120 Å². The standard InChI is InChI=1S/C15H16F3NO2/c16-15(17,18)21-13-4-2-1-3-12(13)5-11-6-14(7-11)8-19(9-14)10-20/h1-4,10-11H,5-9H2. The van der Waals surface area contributed by atoms with E-state index >= 15 is 0 Å². The van der Waals surface area contributed by atoms with Gasteiger partial charge in [0.2, 0.25) is 6.41 Å². The fraction of sp³-hybridized carbons (Fsp3) is 0.533. The van der Waals surface area contributed by atoms with Gasteiger partial charge in [-0.3, -0.25) is 4.79 Å². The van der Waals surface area contributed by atoms with Crippen LogP contribution in [0.5, 0.6) is 5.75 Å². The van der Waals surface area contributed by atoms with Gasteiger partial charge in [-0.1, -0.05) is 18.2 Å². The summed E-state index contributed by atoms with van der Waals surface area (Å²) >= 11 is 0. The molecule has 1 aromatic rings. The Morgan fingerprint density at radius 2 is 1.95 bits per heavy atom. The molecular formula is C15H16F3NO2. The summed E-state index contributed by atoms with van der Waals surface area (Å²) < 4.78 is 41.2. The zero-order chi connectivity index (χ0) is 15.1. The molecule has 0 bridgehead atoms. The van der Waals surface area contributed by atoms with Crippen molar-refractivity contribution in [3.63, 3.8) is 0 Å². The van der Waals surface area contributed by atoms with Crippen LogP contribution in [0.15, 0.2) is 24.3 Å².